The Bertz CT molecular complexity index is 337. The molecular weight excluding hydrogens is 192 g/mol. The molecule has 0 unspecified atom stereocenters. The Balaban J connectivity index is 2.13. The van der Waals surface area contributed by atoms with Crippen molar-refractivity contribution in [3.8, 4) is 12.3 Å². The monoisotopic (exact) mass is 206 g/mol. The van der Waals surface area contributed by atoms with Crippen LogP contribution in [-0.4, -0.2) is 28.9 Å². The summed E-state index contributed by atoms with van der Waals surface area (Å²) < 4.78 is 0. The molecule has 1 N–H and O–H groups in total. The zero-order valence-corrected chi connectivity index (χ0v) is 8.58. The molecule has 1 spiro atoms. The molecule has 0 aromatic heterocycles. The van der Waals surface area contributed by atoms with Crippen LogP contribution < -0.4 is 5.32 Å². The summed E-state index contributed by atoms with van der Waals surface area (Å²) >= 11 is 0. The number of nitrogens with zero attached hydrogens (tertiary/aromatic N) is 1. The number of hydrogen-bond acceptors (Lipinski definition) is 2. The molecule has 1 aliphatic carbocycles. The van der Waals surface area contributed by atoms with Gasteiger partial charge >= 0.3 is 6.03 Å². The summed E-state index contributed by atoms with van der Waals surface area (Å²) in [5.74, 6) is 2.36. The summed E-state index contributed by atoms with van der Waals surface area (Å²) in [6.45, 7) is 0.336. The van der Waals surface area contributed by atoms with Crippen LogP contribution in [0.5, 0.6) is 0 Å². The van der Waals surface area contributed by atoms with Gasteiger partial charge in [-0.05, 0) is 12.8 Å². The number of carbonyl (C=O) groups excluding carboxylic acids is 2. The molecule has 0 radical (unpaired) electrons. The quantitative estimate of drug-likeness (QED) is 0.538. The molecule has 2 aliphatic rings. The van der Waals surface area contributed by atoms with E-state index in [1.807, 2.05) is 0 Å². The normalized spacial score (nSPS) is 23.3. The molecule has 80 valence electrons. The largest absolute Gasteiger partial charge is 0.325 e. The third kappa shape index (κ3) is 1.48. The highest BCUT2D eigenvalue weighted by molar-refractivity contribution is 6.07. The van der Waals surface area contributed by atoms with E-state index in [1.54, 1.807) is 0 Å². The van der Waals surface area contributed by atoms with Crippen molar-refractivity contribution in [1.82, 2.24) is 10.2 Å². The van der Waals surface area contributed by atoms with E-state index in [0.717, 1.165) is 25.7 Å². The Morgan fingerprint density at radius 1 is 1.40 bits per heavy atom. The van der Waals surface area contributed by atoms with Gasteiger partial charge in [-0.25, -0.2) is 4.79 Å². The highest BCUT2D eigenvalue weighted by Crippen LogP contribution is 2.34. The molecule has 2 fully saturated rings. The van der Waals surface area contributed by atoms with Crippen molar-refractivity contribution in [3.05, 3.63) is 0 Å². The SMILES string of the molecule is C#CCCN1C(=O)NC2(CCCC2)C1=O. The molecule has 2 rings (SSSR count). The molecule has 4 nitrogen and oxygen atoms in total. The molecular formula is C11H14N2O2. The standard InChI is InChI=1S/C11H14N2O2/c1-2-3-8-13-9(14)11(12-10(13)15)6-4-5-7-11/h1H,3-8H2,(H,12,15). The molecule has 0 aromatic rings. The third-order valence-corrected chi connectivity index (χ3v) is 3.18. The van der Waals surface area contributed by atoms with Crippen LogP contribution in [0.2, 0.25) is 0 Å². The molecule has 1 saturated heterocycles. The van der Waals surface area contributed by atoms with Gasteiger partial charge in [0.05, 0.1) is 0 Å². The molecule has 0 aromatic carbocycles. The van der Waals surface area contributed by atoms with Crippen molar-refractivity contribution in [2.24, 2.45) is 0 Å². The first-order valence-corrected chi connectivity index (χ1v) is 5.27. The van der Waals surface area contributed by atoms with Crippen molar-refractivity contribution in [2.45, 2.75) is 37.6 Å². The highest BCUT2D eigenvalue weighted by atomic mass is 16.2. The lowest BCUT2D eigenvalue weighted by Gasteiger charge is -2.19. The van der Waals surface area contributed by atoms with Crippen molar-refractivity contribution in [2.75, 3.05) is 6.54 Å². The first-order chi connectivity index (χ1) is 7.19. The van der Waals surface area contributed by atoms with Crippen molar-refractivity contribution in [3.63, 3.8) is 0 Å². The average molecular weight is 206 g/mol. The maximum Gasteiger partial charge on any atom is 0.325 e. The Morgan fingerprint density at radius 3 is 2.67 bits per heavy atom. The lowest BCUT2D eigenvalue weighted by Crippen LogP contribution is -2.44. The summed E-state index contributed by atoms with van der Waals surface area (Å²) in [4.78, 5) is 24.9. The van der Waals surface area contributed by atoms with E-state index in [2.05, 4.69) is 11.2 Å². The van der Waals surface area contributed by atoms with Crippen molar-refractivity contribution >= 4 is 11.9 Å². The summed E-state index contributed by atoms with van der Waals surface area (Å²) in [5.41, 5.74) is -0.592. The molecule has 15 heavy (non-hydrogen) atoms. The van der Waals surface area contributed by atoms with Gasteiger partial charge in [-0.3, -0.25) is 9.69 Å². The number of amides is 3. The number of rotatable bonds is 2. The first kappa shape index (κ1) is 10.0. The number of urea groups is 1. The summed E-state index contributed by atoms with van der Waals surface area (Å²) in [6.07, 6.45) is 9.10. The van der Waals surface area contributed by atoms with Crippen LogP contribution in [0.25, 0.3) is 0 Å². The Kier molecular flexibility index (Phi) is 2.39. The van der Waals surface area contributed by atoms with E-state index in [4.69, 9.17) is 6.42 Å². The van der Waals surface area contributed by atoms with E-state index in [0.29, 0.717) is 13.0 Å². The first-order valence-electron chi connectivity index (χ1n) is 5.27. The van der Waals surface area contributed by atoms with Crippen LogP contribution in [0.15, 0.2) is 0 Å². The van der Waals surface area contributed by atoms with Crippen LogP contribution in [-0.2, 0) is 4.79 Å². The Labute approximate surface area is 89.0 Å². The highest BCUT2D eigenvalue weighted by Gasteiger charge is 2.51. The Morgan fingerprint density at radius 2 is 2.07 bits per heavy atom. The predicted octanol–water partition coefficient (Wildman–Crippen LogP) is 0.874. The number of carbonyl (C=O) groups is 2. The molecule has 0 bridgehead atoms. The lowest BCUT2D eigenvalue weighted by atomic mass is 9.98. The molecule has 1 heterocycles. The topological polar surface area (TPSA) is 49.4 Å². The van der Waals surface area contributed by atoms with E-state index < -0.39 is 5.54 Å². The van der Waals surface area contributed by atoms with Gasteiger partial charge in [-0.1, -0.05) is 12.8 Å². The lowest BCUT2D eigenvalue weighted by molar-refractivity contribution is -0.131. The van der Waals surface area contributed by atoms with E-state index in [9.17, 15) is 9.59 Å². The fraction of sp³-hybridized carbons (Fsp3) is 0.636. The molecule has 3 amide bonds. The van der Waals surface area contributed by atoms with Gasteiger partial charge in [0.15, 0.2) is 0 Å². The second kappa shape index (κ2) is 3.58. The van der Waals surface area contributed by atoms with E-state index in [-0.39, 0.29) is 11.9 Å². The van der Waals surface area contributed by atoms with Crippen molar-refractivity contribution in [1.29, 1.82) is 0 Å². The summed E-state index contributed by atoms with van der Waals surface area (Å²) in [5, 5.41) is 2.81. The van der Waals surface area contributed by atoms with Crippen LogP contribution in [0, 0.1) is 12.3 Å². The second-order valence-electron chi connectivity index (χ2n) is 4.13. The maximum atomic E-state index is 12.0. The van der Waals surface area contributed by atoms with Gasteiger partial charge in [0.25, 0.3) is 5.91 Å². The van der Waals surface area contributed by atoms with E-state index >= 15 is 0 Å². The van der Waals surface area contributed by atoms with E-state index in [1.165, 1.54) is 4.90 Å². The maximum absolute atomic E-state index is 12.0. The minimum atomic E-state index is -0.592. The van der Waals surface area contributed by atoms with Gasteiger partial charge in [0.2, 0.25) is 0 Å². The van der Waals surface area contributed by atoms with Gasteiger partial charge in [0, 0.05) is 13.0 Å². The van der Waals surface area contributed by atoms with Gasteiger partial charge in [0.1, 0.15) is 5.54 Å². The zero-order chi connectivity index (χ0) is 10.9. The fourth-order valence-corrected chi connectivity index (χ4v) is 2.37. The number of imide groups is 1. The van der Waals surface area contributed by atoms with Gasteiger partial charge in [-0.15, -0.1) is 12.3 Å². The minimum absolute atomic E-state index is 0.0831. The number of nitrogens with one attached hydrogen (secondary N) is 1. The zero-order valence-electron chi connectivity index (χ0n) is 8.58. The minimum Gasteiger partial charge on any atom is -0.323 e. The third-order valence-electron chi connectivity index (χ3n) is 3.18. The van der Waals surface area contributed by atoms with Crippen LogP contribution in [0.4, 0.5) is 4.79 Å². The predicted molar refractivity (Wildman–Crippen MR) is 54.9 cm³/mol. The smallest absolute Gasteiger partial charge is 0.323 e. The second-order valence-corrected chi connectivity index (χ2v) is 4.13. The fourth-order valence-electron chi connectivity index (χ4n) is 2.37. The number of hydrogen-bond donors (Lipinski definition) is 1. The van der Waals surface area contributed by atoms with Gasteiger partial charge < -0.3 is 5.32 Å². The molecule has 0 atom stereocenters. The van der Waals surface area contributed by atoms with Crippen molar-refractivity contribution < 1.29 is 9.59 Å². The van der Waals surface area contributed by atoms with Gasteiger partial charge in [-0.2, -0.15) is 0 Å². The Hall–Kier alpha value is -1.50. The summed E-state index contributed by atoms with van der Waals surface area (Å²) in [6, 6.07) is -0.280. The van der Waals surface area contributed by atoms with Crippen LogP contribution in [0.3, 0.4) is 0 Å². The van der Waals surface area contributed by atoms with Crippen LogP contribution in [0.1, 0.15) is 32.1 Å². The average Bonchev–Trinajstić information content (AvgIpc) is 2.75. The molecule has 1 aliphatic heterocycles. The molecule has 4 heteroatoms. The molecule has 1 saturated carbocycles. The summed E-state index contributed by atoms with van der Waals surface area (Å²) in [7, 11) is 0. The van der Waals surface area contributed by atoms with Crippen LogP contribution >= 0.6 is 0 Å². The number of terminal acetylenes is 1.